The smallest absolute Gasteiger partial charge is 0.243 e. The molecule has 2 atom stereocenters. The van der Waals surface area contributed by atoms with Gasteiger partial charge in [0.1, 0.15) is 17.9 Å². The molecule has 0 spiro atoms. The van der Waals surface area contributed by atoms with Crippen LogP contribution in [0, 0.1) is 5.92 Å². The number of carbonyl (C=O) groups excluding carboxylic acids is 2. The molecule has 28 heavy (non-hydrogen) atoms. The molecular weight excluding hydrogens is 356 g/mol. The van der Waals surface area contributed by atoms with E-state index in [2.05, 4.69) is 5.32 Å². The molecule has 3 rings (SSSR count). The van der Waals surface area contributed by atoms with Crippen LogP contribution in [-0.2, 0) is 14.3 Å². The van der Waals surface area contributed by atoms with Crippen molar-refractivity contribution in [3.05, 3.63) is 30.3 Å². The van der Waals surface area contributed by atoms with Gasteiger partial charge in [-0.15, -0.1) is 0 Å². The van der Waals surface area contributed by atoms with E-state index < -0.39 is 6.04 Å². The molecule has 0 unspecified atom stereocenters. The van der Waals surface area contributed by atoms with Gasteiger partial charge >= 0.3 is 0 Å². The first-order chi connectivity index (χ1) is 13.7. The van der Waals surface area contributed by atoms with Crippen LogP contribution in [-0.4, -0.2) is 55.7 Å². The van der Waals surface area contributed by atoms with Gasteiger partial charge < -0.3 is 19.7 Å². The van der Waals surface area contributed by atoms with Crippen molar-refractivity contribution in [2.75, 3.05) is 26.8 Å². The number of nitrogens with zero attached hydrogens (tertiary/aromatic N) is 1. The van der Waals surface area contributed by atoms with E-state index in [1.54, 1.807) is 12.0 Å². The van der Waals surface area contributed by atoms with Gasteiger partial charge in [-0.2, -0.15) is 0 Å². The van der Waals surface area contributed by atoms with Crippen LogP contribution in [0.25, 0.3) is 0 Å². The summed E-state index contributed by atoms with van der Waals surface area (Å²) in [4.78, 5) is 27.3. The van der Waals surface area contributed by atoms with E-state index >= 15 is 0 Å². The molecule has 1 heterocycles. The highest BCUT2D eigenvalue weighted by Crippen LogP contribution is 2.30. The number of ether oxygens (including phenoxy) is 2. The van der Waals surface area contributed by atoms with Crippen molar-refractivity contribution in [2.45, 2.75) is 57.1 Å². The van der Waals surface area contributed by atoms with Crippen LogP contribution in [0.4, 0.5) is 0 Å². The summed E-state index contributed by atoms with van der Waals surface area (Å²) in [6, 6.07) is 9.11. The fourth-order valence-corrected chi connectivity index (χ4v) is 4.26. The Morgan fingerprint density at radius 1 is 1.18 bits per heavy atom. The standard InChI is InChI=1S/C22H32N2O4/c1-27-14-13-23-22(26)20-15-19(28-18-9-3-2-4-10-18)16-24(20)21(25)12-11-17-7-5-6-8-17/h2-4,9-10,17,19-20H,5-8,11-16H2,1H3,(H,23,26)/t19-,20-/m0/s1. The Morgan fingerprint density at radius 3 is 2.64 bits per heavy atom. The van der Waals surface area contributed by atoms with E-state index in [1.165, 1.54) is 25.7 Å². The molecule has 6 nitrogen and oxygen atoms in total. The number of nitrogens with one attached hydrogen (secondary N) is 1. The van der Waals surface area contributed by atoms with Gasteiger partial charge in [0.05, 0.1) is 13.2 Å². The predicted octanol–water partition coefficient (Wildman–Crippen LogP) is 2.77. The Morgan fingerprint density at radius 2 is 1.93 bits per heavy atom. The predicted molar refractivity (Wildman–Crippen MR) is 107 cm³/mol. The van der Waals surface area contributed by atoms with Gasteiger partial charge in [-0.1, -0.05) is 43.9 Å². The zero-order valence-corrected chi connectivity index (χ0v) is 16.8. The first-order valence-electron chi connectivity index (χ1n) is 10.4. The lowest BCUT2D eigenvalue weighted by molar-refractivity contribution is -0.138. The van der Waals surface area contributed by atoms with Gasteiger partial charge in [-0.05, 0) is 24.5 Å². The highest BCUT2D eigenvalue weighted by Gasteiger charge is 2.40. The fraction of sp³-hybridized carbons (Fsp3) is 0.636. The number of likely N-dealkylation sites (tertiary alicyclic amines) is 1. The van der Waals surface area contributed by atoms with Crippen LogP contribution in [0.15, 0.2) is 30.3 Å². The number of benzene rings is 1. The molecule has 154 valence electrons. The average Bonchev–Trinajstić information content (AvgIpc) is 3.37. The molecule has 1 aliphatic heterocycles. The monoisotopic (exact) mass is 388 g/mol. The lowest BCUT2D eigenvalue weighted by Gasteiger charge is -2.24. The summed E-state index contributed by atoms with van der Waals surface area (Å²) in [6.45, 7) is 1.36. The molecular formula is C22H32N2O4. The second kappa shape index (κ2) is 10.5. The van der Waals surface area contributed by atoms with Gasteiger partial charge in [0.15, 0.2) is 0 Å². The van der Waals surface area contributed by atoms with Gasteiger partial charge in [0, 0.05) is 26.5 Å². The van der Waals surface area contributed by atoms with Crippen molar-refractivity contribution in [3.8, 4) is 5.75 Å². The largest absolute Gasteiger partial charge is 0.488 e. The molecule has 0 aromatic heterocycles. The maximum atomic E-state index is 12.9. The van der Waals surface area contributed by atoms with Crippen LogP contribution in [0.3, 0.4) is 0 Å². The first-order valence-corrected chi connectivity index (χ1v) is 10.4. The average molecular weight is 389 g/mol. The molecule has 2 amide bonds. The molecule has 1 N–H and O–H groups in total. The molecule has 2 aliphatic rings. The van der Waals surface area contributed by atoms with E-state index in [9.17, 15) is 9.59 Å². The Bertz CT molecular complexity index is 631. The zero-order valence-electron chi connectivity index (χ0n) is 16.8. The number of methoxy groups -OCH3 is 1. The summed E-state index contributed by atoms with van der Waals surface area (Å²) < 4.78 is 11.0. The summed E-state index contributed by atoms with van der Waals surface area (Å²) in [6.07, 6.45) is 6.81. The zero-order chi connectivity index (χ0) is 19.8. The first kappa shape index (κ1) is 20.6. The molecule has 1 saturated carbocycles. The maximum Gasteiger partial charge on any atom is 0.243 e. The van der Waals surface area contributed by atoms with E-state index in [0.717, 1.165) is 12.2 Å². The number of amides is 2. The van der Waals surface area contributed by atoms with E-state index in [-0.39, 0.29) is 17.9 Å². The minimum atomic E-state index is -0.471. The number of para-hydroxylation sites is 1. The SMILES string of the molecule is COCCNC(=O)[C@@H]1C[C@H](Oc2ccccc2)CN1C(=O)CCC1CCCC1. The summed E-state index contributed by atoms with van der Waals surface area (Å²) in [5.41, 5.74) is 0. The third-order valence-corrected chi connectivity index (χ3v) is 5.78. The number of rotatable bonds is 9. The number of hydrogen-bond donors (Lipinski definition) is 1. The van der Waals surface area contributed by atoms with Gasteiger partial charge in [-0.25, -0.2) is 0 Å². The summed E-state index contributed by atoms with van der Waals surface area (Å²) in [7, 11) is 1.60. The fourth-order valence-electron chi connectivity index (χ4n) is 4.26. The number of carbonyl (C=O) groups is 2. The topological polar surface area (TPSA) is 67.9 Å². The van der Waals surface area contributed by atoms with Crippen molar-refractivity contribution in [3.63, 3.8) is 0 Å². The van der Waals surface area contributed by atoms with Gasteiger partial charge in [0.2, 0.25) is 11.8 Å². The van der Waals surface area contributed by atoms with Crippen LogP contribution in [0.2, 0.25) is 0 Å². The van der Waals surface area contributed by atoms with Crippen molar-refractivity contribution < 1.29 is 19.1 Å². The molecule has 1 aromatic rings. The van der Waals surface area contributed by atoms with Crippen LogP contribution >= 0.6 is 0 Å². The van der Waals surface area contributed by atoms with Crippen molar-refractivity contribution in [1.29, 1.82) is 0 Å². The molecule has 1 saturated heterocycles. The lowest BCUT2D eigenvalue weighted by atomic mass is 10.0. The van der Waals surface area contributed by atoms with Crippen molar-refractivity contribution >= 4 is 11.8 Å². The third kappa shape index (κ3) is 5.71. The highest BCUT2D eigenvalue weighted by atomic mass is 16.5. The second-order valence-corrected chi connectivity index (χ2v) is 7.82. The van der Waals surface area contributed by atoms with E-state index in [1.807, 2.05) is 30.3 Å². The van der Waals surface area contributed by atoms with Crippen LogP contribution in [0.1, 0.15) is 44.9 Å². The molecule has 0 bridgehead atoms. The van der Waals surface area contributed by atoms with Crippen molar-refractivity contribution in [2.24, 2.45) is 5.92 Å². The maximum absolute atomic E-state index is 12.9. The molecule has 1 aromatic carbocycles. The normalized spacial score (nSPS) is 22.4. The third-order valence-electron chi connectivity index (χ3n) is 5.78. The van der Waals surface area contributed by atoms with Crippen LogP contribution in [0.5, 0.6) is 5.75 Å². The molecule has 2 fully saturated rings. The highest BCUT2D eigenvalue weighted by molar-refractivity contribution is 5.88. The number of hydrogen-bond acceptors (Lipinski definition) is 4. The van der Waals surface area contributed by atoms with Gasteiger partial charge in [0.25, 0.3) is 0 Å². The summed E-state index contributed by atoms with van der Waals surface area (Å²) >= 11 is 0. The molecule has 0 radical (unpaired) electrons. The summed E-state index contributed by atoms with van der Waals surface area (Å²) in [5, 5.41) is 2.88. The van der Waals surface area contributed by atoms with E-state index in [0.29, 0.717) is 38.5 Å². The van der Waals surface area contributed by atoms with Crippen LogP contribution < -0.4 is 10.1 Å². The second-order valence-electron chi connectivity index (χ2n) is 7.82. The summed E-state index contributed by atoms with van der Waals surface area (Å²) in [5.74, 6) is 1.38. The quantitative estimate of drug-likeness (QED) is 0.661. The van der Waals surface area contributed by atoms with Crippen molar-refractivity contribution in [1.82, 2.24) is 10.2 Å². The lowest BCUT2D eigenvalue weighted by Crippen LogP contribution is -2.46. The Hall–Kier alpha value is -2.08. The minimum absolute atomic E-state index is 0.0675. The Balaban J connectivity index is 1.60. The Labute approximate surface area is 167 Å². The van der Waals surface area contributed by atoms with Gasteiger partial charge in [-0.3, -0.25) is 9.59 Å². The minimum Gasteiger partial charge on any atom is -0.488 e. The molecule has 6 heteroatoms. The van der Waals surface area contributed by atoms with E-state index in [4.69, 9.17) is 9.47 Å². The molecule has 1 aliphatic carbocycles. The Kier molecular flexibility index (Phi) is 7.71.